The van der Waals surface area contributed by atoms with Gasteiger partial charge in [0.1, 0.15) is 30.2 Å². The molecule has 0 saturated heterocycles. The lowest BCUT2D eigenvalue weighted by atomic mass is 10.1. The third-order valence-corrected chi connectivity index (χ3v) is 5.37. The number of nitrogens with zero attached hydrogens (tertiary/aromatic N) is 6. The highest BCUT2D eigenvalue weighted by Crippen LogP contribution is 2.24. The molecule has 0 aliphatic heterocycles. The first kappa shape index (κ1) is 25.7. The number of nitrogens with one attached hydrogen (secondary N) is 2. The predicted octanol–water partition coefficient (Wildman–Crippen LogP) is 1.59. The monoisotopic (exact) mass is 510 g/mol. The zero-order valence-corrected chi connectivity index (χ0v) is 20.5. The van der Waals surface area contributed by atoms with Gasteiger partial charge in [0, 0.05) is 25.7 Å². The molecule has 0 unspecified atom stereocenters. The molecule has 0 aliphatic carbocycles. The van der Waals surface area contributed by atoms with Gasteiger partial charge in [0.2, 0.25) is 0 Å². The van der Waals surface area contributed by atoms with Crippen LogP contribution in [0.25, 0.3) is 16.7 Å². The Hall–Kier alpha value is -4.39. The summed E-state index contributed by atoms with van der Waals surface area (Å²) in [7, 11) is 1.81. The molecular weight excluding hydrogens is 483 g/mol. The zero-order valence-electron chi connectivity index (χ0n) is 20.5. The zero-order chi connectivity index (χ0) is 26.2. The maximum atomic E-state index is 12.7. The minimum Gasteiger partial charge on any atom is -0.489 e. The van der Waals surface area contributed by atoms with E-state index in [0.29, 0.717) is 23.5 Å². The van der Waals surface area contributed by atoms with E-state index in [-0.39, 0.29) is 38.0 Å². The van der Waals surface area contributed by atoms with Gasteiger partial charge < -0.3 is 20.1 Å². The summed E-state index contributed by atoms with van der Waals surface area (Å²) in [6.07, 6.45) is 1.47. The average Bonchev–Trinajstić information content (AvgIpc) is 3.54. The Morgan fingerprint density at radius 1 is 1.00 bits per heavy atom. The van der Waals surface area contributed by atoms with E-state index >= 15 is 0 Å². The number of amides is 2. The van der Waals surface area contributed by atoms with Crippen molar-refractivity contribution >= 4 is 22.8 Å². The van der Waals surface area contributed by atoms with Gasteiger partial charge in [0.05, 0.1) is 24.9 Å². The summed E-state index contributed by atoms with van der Waals surface area (Å²) in [5.74, 6) is -0.334. The summed E-state index contributed by atoms with van der Waals surface area (Å²) in [6, 6.07) is 10.5. The van der Waals surface area contributed by atoms with Crippen LogP contribution in [0.3, 0.4) is 0 Å². The van der Waals surface area contributed by atoms with E-state index in [2.05, 4.69) is 31.3 Å². The highest BCUT2D eigenvalue weighted by atomic mass is 19.1. The molecule has 0 atom stereocenters. The second-order valence-corrected chi connectivity index (χ2v) is 7.96. The van der Waals surface area contributed by atoms with E-state index < -0.39 is 12.6 Å². The van der Waals surface area contributed by atoms with E-state index in [1.807, 2.05) is 32.2 Å². The number of aryl methyl sites for hydroxylation is 1. The van der Waals surface area contributed by atoms with Crippen molar-refractivity contribution in [1.29, 1.82) is 0 Å². The van der Waals surface area contributed by atoms with Gasteiger partial charge in [-0.2, -0.15) is 0 Å². The van der Waals surface area contributed by atoms with Crippen LogP contribution in [-0.4, -0.2) is 74.8 Å². The minimum atomic E-state index is -0.587. The van der Waals surface area contributed by atoms with Crippen molar-refractivity contribution in [2.75, 3.05) is 33.0 Å². The van der Waals surface area contributed by atoms with Crippen LogP contribution in [0.15, 0.2) is 42.6 Å². The molecule has 2 heterocycles. The van der Waals surface area contributed by atoms with Crippen molar-refractivity contribution in [3.05, 3.63) is 59.4 Å². The van der Waals surface area contributed by atoms with E-state index in [1.54, 1.807) is 22.9 Å². The van der Waals surface area contributed by atoms with E-state index in [4.69, 9.17) is 9.47 Å². The Balaban J connectivity index is 1.47. The summed E-state index contributed by atoms with van der Waals surface area (Å²) >= 11 is 0. The van der Waals surface area contributed by atoms with Gasteiger partial charge >= 0.3 is 0 Å². The second kappa shape index (κ2) is 12.0. The van der Waals surface area contributed by atoms with Crippen LogP contribution >= 0.6 is 0 Å². The predicted molar refractivity (Wildman–Crippen MR) is 131 cm³/mol. The van der Waals surface area contributed by atoms with Crippen LogP contribution in [0.5, 0.6) is 5.75 Å². The molecule has 4 aromatic rings. The number of hydrogen-bond donors (Lipinski definition) is 2. The number of fused-ring (bicyclic) bond motifs is 1. The van der Waals surface area contributed by atoms with Gasteiger partial charge in [-0.25, -0.2) is 13.8 Å². The van der Waals surface area contributed by atoms with Crippen molar-refractivity contribution in [3.63, 3.8) is 0 Å². The third-order valence-electron chi connectivity index (χ3n) is 5.37. The lowest BCUT2D eigenvalue weighted by molar-refractivity contribution is 0.0894. The van der Waals surface area contributed by atoms with Crippen LogP contribution in [0, 0.1) is 0 Å². The molecule has 2 aromatic heterocycles. The Bertz CT molecular complexity index is 1390. The molecule has 0 bridgehead atoms. The molecule has 0 aliphatic rings. The highest BCUT2D eigenvalue weighted by Gasteiger charge is 2.16. The maximum Gasteiger partial charge on any atom is 0.273 e. The van der Waals surface area contributed by atoms with Crippen LogP contribution in [-0.2, 0) is 18.3 Å². The molecule has 13 heteroatoms. The first-order chi connectivity index (χ1) is 18.0. The summed E-state index contributed by atoms with van der Waals surface area (Å²) in [4.78, 5) is 25.0. The van der Waals surface area contributed by atoms with Crippen molar-refractivity contribution in [3.8, 4) is 11.4 Å². The average molecular weight is 511 g/mol. The Morgan fingerprint density at radius 3 is 2.68 bits per heavy atom. The van der Waals surface area contributed by atoms with E-state index in [0.717, 1.165) is 16.6 Å². The Morgan fingerprint density at radius 2 is 1.86 bits per heavy atom. The van der Waals surface area contributed by atoms with E-state index in [9.17, 15) is 14.0 Å². The molecule has 0 spiro atoms. The van der Waals surface area contributed by atoms with Crippen LogP contribution < -0.4 is 15.4 Å². The lowest BCUT2D eigenvalue weighted by Gasteiger charge is -2.13. The summed E-state index contributed by atoms with van der Waals surface area (Å²) in [5.41, 5.74) is 3.45. The number of alkyl halides is 1. The quantitative estimate of drug-likeness (QED) is 0.274. The van der Waals surface area contributed by atoms with Crippen molar-refractivity contribution in [2.45, 2.75) is 13.5 Å². The molecule has 2 N–H and O–H groups in total. The number of carbonyl (C=O) groups is 2. The largest absolute Gasteiger partial charge is 0.489 e. The fourth-order valence-electron chi connectivity index (χ4n) is 3.54. The normalized spacial score (nSPS) is 11.0. The lowest BCUT2D eigenvalue weighted by Crippen LogP contribution is -2.23. The number of halogens is 1. The van der Waals surface area contributed by atoms with Crippen molar-refractivity contribution in [1.82, 2.24) is 40.6 Å². The summed E-state index contributed by atoms with van der Waals surface area (Å²) < 4.78 is 26.2. The number of carbonyl (C=O) groups excluding carboxylic acids is 2. The van der Waals surface area contributed by atoms with Gasteiger partial charge in [-0.15, -0.1) is 10.2 Å². The summed E-state index contributed by atoms with van der Waals surface area (Å²) in [5, 5.41) is 21.7. The third kappa shape index (κ3) is 6.25. The molecule has 0 saturated carbocycles. The van der Waals surface area contributed by atoms with Gasteiger partial charge in [-0.1, -0.05) is 16.5 Å². The smallest absolute Gasteiger partial charge is 0.273 e. The van der Waals surface area contributed by atoms with E-state index in [1.165, 1.54) is 10.9 Å². The van der Waals surface area contributed by atoms with Crippen molar-refractivity contribution < 1.29 is 23.5 Å². The molecule has 4 rings (SSSR count). The number of hydrogen-bond acceptors (Lipinski definition) is 8. The SMILES string of the molecule is CCNC(=O)c1ccc(-n2cc(C(=O)NCc3ccc4c(c3)nnn4C)nn2)c(OCCOCCF)c1. The number of benzene rings is 2. The topological polar surface area (TPSA) is 138 Å². The number of aromatic nitrogens is 6. The first-order valence-electron chi connectivity index (χ1n) is 11.7. The fraction of sp³-hybridized carbons (Fsp3) is 0.333. The van der Waals surface area contributed by atoms with Gasteiger partial charge in [-0.05, 0) is 42.8 Å². The Kier molecular flexibility index (Phi) is 8.36. The molecule has 194 valence electrons. The summed E-state index contributed by atoms with van der Waals surface area (Å²) in [6.45, 7) is 2.25. The second-order valence-electron chi connectivity index (χ2n) is 7.96. The Labute approximate surface area is 211 Å². The van der Waals surface area contributed by atoms with Crippen LogP contribution in [0.4, 0.5) is 4.39 Å². The fourth-order valence-corrected chi connectivity index (χ4v) is 3.54. The van der Waals surface area contributed by atoms with Gasteiger partial charge in [0.25, 0.3) is 11.8 Å². The maximum absolute atomic E-state index is 12.7. The van der Waals surface area contributed by atoms with Gasteiger partial charge in [-0.3, -0.25) is 9.59 Å². The standard InChI is InChI=1S/C24H27FN8O4/c1-3-26-23(34)17-5-7-21(22(13-17)37-11-10-36-9-8-25)33-15-19(29-31-33)24(35)27-14-16-4-6-20-18(12-16)28-30-32(20)2/h4-7,12-13,15H,3,8-11,14H2,1-2H3,(H,26,34)(H,27,35). The number of ether oxygens (including phenoxy) is 2. The minimum absolute atomic E-state index is 0.0245. The number of rotatable bonds is 12. The highest BCUT2D eigenvalue weighted by molar-refractivity contribution is 5.95. The first-order valence-corrected chi connectivity index (χ1v) is 11.7. The molecule has 0 radical (unpaired) electrons. The van der Waals surface area contributed by atoms with Gasteiger partial charge in [0.15, 0.2) is 5.69 Å². The molecule has 2 amide bonds. The molecule has 2 aromatic carbocycles. The molecule has 37 heavy (non-hydrogen) atoms. The molecule has 12 nitrogen and oxygen atoms in total. The van der Waals surface area contributed by atoms with Crippen molar-refractivity contribution in [2.24, 2.45) is 7.05 Å². The molecular formula is C24H27FN8O4. The molecule has 0 fully saturated rings. The van der Waals surface area contributed by atoms with Crippen LogP contribution in [0.2, 0.25) is 0 Å². The van der Waals surface area contributed by atoms with Crippen LogP contribution in [0.1, 0.15) is 33.3 Å².